The monoisotopic (exact) mass is 1400 g/mol. The van der Waals surface area contributed by atoms with Gasteiger partial charge in [-0.2, -0.15) is 0 Å². The number of unbranched alkanes of at least 4 members (excludes halogenated alkanes) is 63. The lowest BCUT2D eigenvalue weighted by molar-refractivity contribution is -0.870. The van der Waals surface area contributed by atoms with E-state index in [1.165, 1.54) is 392 Å². The second-order valence-electron chi connectivity index (χ2n) is 31.3. The highest BCUT2D eigenvalue weighted by molar-refractivity contribution is 7.45. The average molecular weight is 1400 g/mol. The standard InChI is InChI=1S/C88H170NO8P/c1-6-8-10-12-14-16-18-20-22-24-26-28-30-32-34-36-38-40-42-43-44-45-47-49-51-53-55-57-59-61-63-65-67-69-71-73-75-77-79-81-88(91)97-86(85-96-98(92,93)95-83-82-89(3,4)5)84-94-87(90)80-78-76-74-72-70-68-66-64-62-60-58-56-54-52-50-48-46-41-39-37-35-33-31-29-27-25-23-21-19-17-15-13-11-9-7-2/h18,20,24-27,86H,6-17,19,21-23,28-85H2,1-5H3/b20-18-,26-24-,27-25-. The van der Waals surface area contributed by atoms with Gasteiger partial charge in [0.2, 0.25) is 0 Å². The second-order valence-corrected chi connectivity index (χ2v) is 32.7. The quantitative estimate of drug-likeness (QED) is 0.0195. The molecular weight excluding hydrogens is 1230 g/mol. The molecule has 0 N–H and O–H groups in total. The van der Waals surface area contributed by atoms with Crippen LogP contribution in [0.15, 0.2) is 36.5 Å². The van der Waals surface area contributed by atoms with Gasteiger partial charge in [0.1, 0.15) is 19.8 Å². The van der Waals surface area contributed by atoms with Crippen molar-refractivity contribution < 1.29 is 42.1 Å². The summed E-state index contributed by atoms with van der Waals surface area (Å²) in [7, 11) is 1.20. The van der Waals surface area contributed by atoms with Crippen molar-refractivity contribution in [2.45, 2.75) is 469 Å². The van der Waals surface area contributed by atoms with Crippen LogP contribution >= 0.6 is 7.82 Å². The molecule has 580 valence electrons. The number of nitrogens with zero attached hydrogens (tertiary/aromatic N) is 1. The lowest BCUT2D eigenvalue weighted by Crippen LogP contribution is -2.37. The van der Waals surface area contributed by atoms with E-state index >= 15 is 0 Å². The molecule has 0 radical (unpaired) electrons. The molecule has 9 nitrogen and oxygen atoms in total. The lowest BCUT2D eigenvalue weighted by atomic mass is 10.0. The van der Waals surface area contributed by atoms with Crippen LogP contribution in [0.2, 0.25) is 0 Å². The van der Waals surface area contributed by atoms with Crippen molar-refractivity contribution >= 4 is 19.8 Å². The molecule has 0 aliphatic heterocycles. The van der Waals surface area contributed by atoms with Gasteiger partial charge in [-0.1, -0.05) is 416 Å². The van der Waals surface area contributed by atoms with Crippen molar-refractivity contribution in [2.24, 2.45) is 0 Å². The van der Waals surface area contributed by atoms with Gasteiger partial charge >= 0.3 is 11.9 Å². The van der Waals surface area contributed by atoms with E-state index in [2.05, 4.69) is 50.3 Å². The first-order valence-electron chi connectivity index (χ1n) is 43.7. The third kappa shape index (κ3) is 83.2. The van der Waals surface area contributed by atoms with E-state index < -0.39 is 26.5 Å². The van der Waals surface area contributed by atoms with Crippen molar-refractivity contribution in [3.63, 3.8) is 0 Å². The van der Waals surface area contributed by atoms with E-state index in [1.807, 2.05) is 21.1 Å². The molecule has 0 fully saturated rings. The summed E-state index contributed by atoms with van der Waals surface area (Å²) in [6, 6.07) is 0. The molecule has 0 amide bonds. The minimum atomic E-state index is -4.64. The van der Waals surface area contributed by atoms with Crippen LogP contribution in [0, 0.1) is 0 Å². The van der Waals surface area contributed by atoms with Gasteiger partial charge in [-0.3, -0.25) is 14.2 Å². The summed E-state index contributed by atoms with van der Waals surface area (Å²) in [4.78, 5) is 38.2. The van der Waals surface area contributed by atoms with Crippen LogP contribution in [-0.4, -0.2) is 70.0 Å². The smallest absolute Gasteiger partial charge is 0.306 e. The number of hydrogen-bond donors (Lipinski definition) is 0. The summed E-state index contributed by atoms with van der Waals surface area (Å²) in [5, 5.41) is 0. The van der Waals surface area contributed by atoms with E-state index in [0.717, 1.165) is 38.5 Å². The number of ether oxygens (including phenoxy) is 2. The van der Waals surface area contributed by atoms with Gasteiger partial charge in [0.25, 0.3) is 7.82 Å². The van der Waals surface area contributed by atoms with Crippen molar-refractivity contribution in [3.8, 4) is 0 Å². The second kappa shape index (κ2) is 79.3. The number of carbonyl (C=O) groups is 2. The zero-order valence-corrected chi connectivity index (χ0v) is 67.4. The predicted octanol–water partition coefficient (Wildman–Crippen LogP) is 28.7. The molecule has 0 spiro atoms. The number of allylic oxidation sites excluding steroid dienone is 6. The largest absolute Gasteiger partial charge is 0.756 e. The maximum absolute atomic E-state index is 12.9. The molecule has 0 rings (SSSR count). The molecule has 2 unspecified atom stereocenters. The molecule has 0 heterocycles. The summed E-state index contributed by atoms with van der Waals surface area (Å²) < 4.78 is 34.5. The molecule has 2 atom stereocenters. The molecule has 0 aromatic rings. The number of phosphoric ester groups is 1. The summed E-state index contributed by atoms with van der Waals surface area (Å²) in [5.74, 6) is -0.803. The van der Waals surface area contributed by atoms with Crippen LogP contribution in [0.25, 0.3) is 0 Å². The van der Waals surface area contributed by atoms with Crippen LogP contribution in [-0.2, 0) is 32.7 Å². The molecule has 0 aromatic carbocycles. The Morgan fingerprint density at radius 3 is 0.816 bits per heavy atom. The van der Waals surface area contributed by atoms with E-state index in [1.54, 1.807) is 0 Å². The highest BCUT2D eigenvalue weighted by atomic mass is 31.2. The van der Waals surface area contributed by atoms with Crippen molar-refractivity contribution in [1.29, 1.82) is 0 Å². The van der Waals surface area contributed by atoms with Gasteiger partial charge in [0.05, 0.1) is 27.7 Å². The van der Waals surface area contributed by atoms with Gasteiger partial charge < -0.3 is 27.9 Å². The lowest BCUT2D eigenvalue weighted by Gasteiger charge is -2.28. The first kappa shape index (κ1) is 96.2. The number of esters is 2. The fourth-order valence-electron chi connectivity index (χ4n) is 13.5. The third-order valence-corrected chi connectivity index (χ3v) is 21.1. The van der Waals surface area contributed by atoms with Gasteiger partial charge in [0.15, 0.2) is 6.10 Å². The summed E-state index contributed by atoms with van der Waals surface area (Å²) in [6.07, 6.45) is 105. The number of carbonyl (C=O) groups excluding carboxylic acids is 2. The Kier molecular flexibility index (Phi) is 77.9. The minimum absolute atomic E-state index is 0.0266. The Balaban J connectivity index is 3.85. The molecule has 0 aromatic heterocycles. The van der Waals surface area contributed by atoms with Crippen molar-refractivity contribution in [3.05, 3.63) is 36.5 Å². The molecular formula is C88H170NO8P. The average Bonchev–Trinajstić information content (AvgIpc) is 1.23. The molecule has 0 aliphatic carbocycles. The molecule has 0 saturated carbocycles. The van der Waals surface area contributed by atoms with E-state index in [0.29, 0.717) is 17.4 Å². The Bertz CT molecular complexity index is 1740. The van der Waals surface area contributed by atoms with Crippen molar-refractivity contribution in [1.82, 2.24) is 0 Å². The first-order chi connectivity index (χ1) is 48.0. The minimum Gasteiger partial charge on any atom is -0.756 e. The van der Waals surface area contributed by atoms with Crippen LogP contribution in [0.1, 0.15) is 463 Å². The SMILES string of the molecule is CCCCCCC/C=C\C/C=C\CCCCCCCCCCCCCCCCCCCCCCCCCCCCCC(=O)OC(COC(=O)CCCCCCCCCCCCCCCCCCCCCCCCC/C=C\CCCCCCCCCC)COP(=O)([O-])OCC[N+](C)(C)C. The van der Waals surface area contributed by atoms with E-state index in [4.69, 9.17) is 18.5 Å². The molecule has 0 aliphatic rings. The Hall–Kier alpha value is -1.77. The third-order valence-electron chi connectivity index (χ3n) is 20.1. The summed E-state index contributed by atoms with van der Waals surface area (Å²) >= 11 is 0. The first-order valence-corrected chi connectivity index (χ1v) is 45.2. The number of rotatable bonds is 83. The highest BCUT2D eigenvalue weighted by Gasteiger charge is 2.22. The Labute approximate surface area is 612 Å². The van der Waals surface area contributed by atoms with Gasteiger partial charge in [-0.05, 0) is 70.6 Å². The fraction of sp³-hybridized carbons (Fsp3) is 0.909. The summed E-state index contributed by atoms with van der Waals surface area (Å²) in [6.45, 7) is 4.32. The fourth-order valence-corrected chi connectivity index (χ4v) is 14.2. The van der Waals surface area contributed by atoms with E-state index in [9.17, 15) is 19.0 Å². The van der Waals surface area contributed by atoms with Crippen LogP contribution in [0.5, 0.6) is 0 Å². The zero-order chi connectivity index (χ0) is 71.1. The molecule has 0 saturated heterocycles. The maximum Gasteiger partial charge on any atom is 0.306 e. The normalized spacial score (nSPS) is 13.1. The molecule has 0 bridgehead atoms. The van der Waals surface area contributed by atoms with Crippen LogP contribution in [0.3, 0.4) is 0 Å². The predicted molar refractivity (Wildman–Crippen MR) is 425 cm³/mol. The molecule has 98 heavy (non-hydrogen) atoms. The number of hydrogen-bond acceptors (Lipinski definition) is 8. The maximum atomic E-state index is 12.9. The van der Waals surface area contributed by atoms with Gasteiger partial charge in [0, 0.05) is 12.8 Å². The molecule has 10 heteroatoms. The topological polar surface area (TPSA) is 111 Å². The van der Waals surface area contributed by atoms with E-state index in [-0.39, 0.29) is 32.0 Å². The van der Waals surface area contributed by atoms with Crippen LogP contribution < -0.4 is 4.89 Å². The Morgan fingerprint density at radius 1 is 0.316 bits per heavy atom. The number of phosphoric acid groups is 1. The van der Waals surface area contributed by atoms with Crippen molar-refractivity contribution in [2.75, 3.05) is 47.5 Å². The summed E-state index contributed by atoms with van der Waals surface area (Å²) in [5.41, 5.74) is 0. The highest BCUT2D eigenvalue weighted by Crippen LogP contribution is 2.38. The van der Waals surface area contributed by atoms with Gasteiger partial charge in [-0.25, -0.2) is 0 Å². The zero-order valence-electron chi connectivity index (χ0n) is 66.5. The van der Waals surface area contributed by atoms with Gasteiger partial charge in [-0.15, -0.1) is 0 Å². The number of likely N-dealkylation sites (N-methyl/N-ethyl adjacent to an activating group) is 1. The Morgan fingerprint density at radius 2 is 0.551 bits per heavy atom. The van der Waals surface area contributed by atoms with Crippen LogP contribution in [0.4, 0.5) is 0 Å². The number of quaternary nitrogens is 1.